The van der Waals surface area contributed by atoms with Crippen molar-refractivity contribution in [3.8, 4) is 16.6 Å². The number of hydrogen-bond acceptors (Lipinski definition) is 7. The number of amides is 1. The van der Waals surface area contributed by atoms with Crippen LogP contribution in [-0.4, -0.2) is 53.3 Å². The third-order valence-corrected chi connectivity index (χ3v) is 6.63. The Labute approximate surface area is 183 Å². The van der Waals surface area contributed by atoms with E-state index in [0.29, 0.717) is 40.8 Å². The van der Waals surface area contributed by atoms with Crippen LogP contribution in [0.25, 0.3) is 21.5 Å². The maximum absolute atomic E-state index is 12.1. The molecule has 1 aliphatic heterocycles. The van der Waals surface area contributed by atoms with E-state index in [4.69, 9.17) is 9.47 Å². The lowest BCUT2D eigenvalue weighted by Gasteiger charge is -2.16. The number of nitriles is 1. The second kappa shape index (κ2) is 8.40. The Balaban J connectivity index is 1.70. The number of aryl methyl sites for hydroxylation is 1. The van der Waals surface area contributed by atoms with Crippen LogP contribution in [0.5, 0.6) is 0 Å². The van der Waals surface area contributed by atoms with E-state index in [2.05, 4.69) is 15.6 Å². The zero-order valence-corrected chi connectivity index (χ0v) is 18.4. The smallest absolute Gasteiger partial charge is 0.409 e. The van der Waals surface area contributed by atoms with Gasteiger partial charge in [-0.3, -0.25) is 0 Å². The molecule has 0 bridgehead atoms. The molecule has 1 fully saturated rings. The molecule has 31 heavy (non-hydrogen) atoms. The quantitative estimate of drug-likeness (QED) is 0.568. The Bertz CT molecular complexity index is 1210. The minimum Gasteiger partial charge on any atom is -0.462 e. The van der Waals surface area contributed by atoms with Gasteiger partial charge in [-0.2, -0.15) is 5.26 Å². The number of methoxy groups -OCH3 is 1. The predicted molar refractivity (Wildman–Crippen MR) is 116 cm³/mol. The van der Waals surface area contributed by atoms with Crippen molar-refractivity contribution < 1.29 is 19.1 Å². The summed E-state index contributed by atoms with van der Waals surface area (Å²) in [6.07, 6.45) is 2.30. The van der Waals surface area contributed by atoms with Gasteiger partial charge in [-0.1, -0.05) is 0 Å². The molecule has 1 saturated heterocycles. The van der Waals surface area contributed by atoms with E-state index in [9.17, 15) is 14.9 Å². The molecule has 3 heterocycles. The van der Waals surface area contributed by atoms with Crippen molar-refractivity contribution in [3.05, 3.63) is 40.5 Å². The molecule has 3 aromatic rings. The highest BCUT2D eigenvalue weighted by atomic mass is 32.1. The highest BCUT2D eigenvalue weighted by molar-refractivity contribution is 7.17. The number of benzene rings is 1. The fraction of sp³-hybridized carbons (Fsp3) is 0.364. The number of nitrogens with zero attached hydrogens (tertiary/aromatic N) is 4. The van der Waals surface area contributed by atoms with Gasteiger partial charge in [0.25, 0.3) is 0 Å². The lowest BCUT2D eigenvalue weighted by atomic mass is 10.1. The number of carbonyl (C=O) groups excluding carboxylic acids is 2. The van der Waals surface area contributed by atoms with Crippen LogP contribution >= 0.6 is 11.3 Å². The summed E-state index contributed by atoms with van der Waals surface area (Å²) in [5, 5.41) is 11.2. The molecule has 2 aromatic heterocycles. The monoisotopic (exact) mass is 438 g/mol. The van der Waals surface area contributed by atoms with Gasteiger partial charge in [0.15, 0.2) is 0 Å². The summed E-state index contributed by atoms with van der Waals surface area (Å²) < 4.78 is 12.0. The van der Waals surface area contributed by atoms with E-state index in [1.54, 1.807) is 18.7 Å². The van der Waals surface area contributed by atoms with E-state index >= 15 is 0 Å². The summed E-state index contributed by atoms with van der Waals surface area (Å²) in [6.45, 7) is 5.02. The van der Waals surface area contributed by atoms with E-state index in [1.165, 1.54) is 18.4 Å². The van der Waals surface area contributed by atoms with Gasteiger partial charge in [0.1, 0.15) is 16.0 Å². The second-order valence-electron chi connectivity index (χ2n) is 7.31. The lowest BCUT2D eigenvalue weighted by Crippen LogP contribution is -2.28. The van der Waals surface area contributed by atoms with E-state index in [-0.39, 0.29) is 18.1 Å². The molecule has 0 N–H and O–H groups in total. The van der Waals surface area contributed by atoms with Crippen LogP contribution in [0.2, 0.25) is 0 Å². The highest BCUT2D eigenvalue weighted by Gasteiger charge is 2.29. The normalized spacial score (nSPS) is 15.8. The van der Waals surface area contributed by atoms with Crippen molar-refractivity contribution in [3.63, 3.8) is 0 Å². The molecule has 4 rings (SSSR count). The first-order chi connectivity index (χ1) is 15.0. The second-order valence-corrected chi connectivity index (χ2v) is 8.31. The number of aromatic nitrogens is 2. The first-order valence-electron chi connectivity index (χ1n) is 9.99. The third-order valence-electron chi connectivity index (χ3n) is 5.45. The average molecular weight is 439 g/mol. The first-order valence-corrected chi connectivity index (χ1v) is 10.8. The lowest BCUT2D eigenvalue weighted by molar-refractivity contribution is 0.0531. The van der Waals surface area contributed by atoms with Gasteiger partial charge in [0.2, 0.25) is 0 Å². The van der Waals surface area contributed by atoms with E-state index < -0.39 is 0 Å². The minimum absolute atomic E-state index is 0.0760. The highest BCUT2D eigenvalue weighted by Crippen LogP contribution is 2.34. The minimum atomic E-state index is -0.370. The fourth-order valence-electron chi connectivity index (χ4n) is 3.95. The standard InChI is InChI=1S/C22H22N4O4S/c1-4-30-21(27)19-13(2)24-20(31-19)14-5-6-18-17(9-14)15(10-23)11-26(18)16-7-8-25(12-16)22(28)29-3/h5-6,9,11,16H,4,7-8,12H2,1-3H3. The van der Waals surface area contributed by atoms with Crippen LogP contribution in [0.3, 0.4) is 0 Å². The Kier molecular flexibility index (Phi) is 5.65. The van der Waals surface area contributed by atoms with E-state index in [0.717, 1.165) is 22.9 Å². The zero-order valence-electron chi connectivity index (χ0n) is 17.5. The van der Waals surface area contributed by atoms with Crippen molar-refractivity contribution in [1.82, 2.24) is 14.5 Å². The van der Waals surface area contributed by atoms with Crippen LogP contribution in [0.1, 0.15) is 40.3 Å². The molecule has 0 spiro atoms. The average Bonchev–Trinajstić information content (AvgIpc) is 3.49. The summed E-state index contributed by atoms with van der Waals surface area (Å²) in [7, 11) is 1.38. The molecule has 9 heteroatoms. The largest absolute Gasteiger partial charge is 0.462 e. The van der Waals surface area contributed by atoms with Gasteiger partial charge in [-0.25, -0.2) is 14.6 Å². The summed E-state index contributed by atoms with van der Waals surface area (Å²) in [5.74, 6) is -0.370. The Morgan fingerprint density at radius 3 is 2.90 bits per heavy atom. The number of rotatable bonds is 4. The first kappa shape index (κ1) is 20.9. The molecule has 160 valence electrons. The predicted octanol–water partition coefficient (Wildman–Crippen LogP) is 4.13. The van der Waals surface area contributed by atoms with E-state index in [1.807, 2.05) is 24.4 Å². The summed E-state index contributed by atoms with van der Waals surface area (Å²) in [6, 6.07) is 8.19. The number of esters is 1. The Hall–Kier alpha value is -3.38. The van der Waals surface area contributed by atoms with Crippen molar-refractivity contribution in [2.75, 3.05) is 26.8 Å². The van der Waals surface area contributed by atoms with Gasteiger partial charge in [-0.15, -0.1) is 11.3 Å². The van der Waals surface area contributed by atoms with Gasteiger partial charge >= 0.3 is 12.1 Å². The summed E-state index contributed by atoms with van der Waals surface area (Å²) in [5.41, 5.74) is 2.96. The van der Waals surface area contributed by atoms with Crippen LogP contribution in [0.4, 0.5) is 4.79 Å². The van der Waals surface area contributed by atoms with Crippen LogP contribution in [-0.2, 0) is 9.47 Å². The molecular formula is C22H22N4O4S. The van der Waals surface area contributed by atoms with Gasteiger partial charge < -0.3 is 18.9 Å². The molecule has 8 nitrogen and oxygen atoms in total. The fourth-order valence-corrected chi connectivity index (χ4v) is 4.91. The SMILES string of the molecule is CCOC(=O)c1sc(-c2ccc3c(c2)c(C#N)cn3C2CCN(C(=O)OC)C2)nc1C. The molecule has 1 amide bonds. The number of thiazole rings is 1. The Morgan fingerprint density at radius 2 is 2.19 bits per heavy atom. The summed E-state index contributed by atoms with van der Waals surface area (Å²) in [4.78, 5) is 30.7. The Morgan fingerprint density at radius 1 is 1.39 bits per heavy atom. The maximum atomic E-state index is 12.1. The number of hydrogen-bond donors (Lipinski definition) is 0. The molecule has 1 atom stereocenters. The summed E-state index contributed by atoms with van der Waals surface area (Å²) >= 11 is 1.29. The number of ether oxygens (including phenoxy) is 2. The third kappa shape index (κ3) is 3.75. The van der Waals surface area contributed by atoms with Crippen molar-refractivity contribution >= 4 is 34.3 Å². The molecule has 1 aliphatic rings. The van der Waals surface area contributed by atoms with Gasteiger partial charge in [0, 0.05) is 35.8 Å². The van der Waals surface area contributed by atoms with Crippen LogP contribution in [0, 0.1) is 18.3 Å². The maximum Gasteiger partial charge on any atom is 0.409 e. The molecule has 1 aromatic carbocycles. The molecule has 0 saturated carbocycles. The van der Waals surface area contributed by atoms with Crippen molar-refractivity contribution in [2.24, 2.45) is 0 Å². The molecule has 0 radical (unpaired) electrons. The molecule has 0 aliphatic carbocycles. The van der Waals surface area contributed by atoms with Crippen LogP contribution in [0.15, 0.2) is 24.4 Å². The zero-order chi connectivity index (χ0) is 22.1. The van der Waals surface area contributed by atoms with Crippen molar-refractivity contribution in [2.45, 2.75) is 26.3 Å². The number of carbonyl (C=O) groups is 2. The topological polar surface area (TPSA) is 97.5 Å². The van der Waals surface area contributed by atoms with Gasteiger partial charge in [-0.05, 0) is 38.5 Å². The molecular weight excluding hydrogens is 416 g/mol. The molecule has 1 unspecified atom stereocenters. The number of fused-ring (bicyclic) bond motifs is 1. The number of likely N-dealkylation sites (tertiary alicyclic amines) is 1. The van der Waals surface area contributed by atoms with Crippen LogP contribution < -0.4 is 0 Å². The van der Waals surface area contributed by atoms with Gasteiger partial charge in [0.05, 0.1) is 31.0 Å². The van der Waals surface area contributed by atoms with Crippen molar-refractivity contribution in [1.29, 1.82) is 5.26 Å².